The second-order valence-corrected chi connectivity index (χ2v) is 3.66. The molecule has 0 aliphatic rings. The van der Waals surface area contributed by atoms with Gasteiger partial charge in [0.25, 0.3) is 0 Å². The summed E-state index contributed by atoms with van der Waals surface area (Å²) in [7, 11) is 0. The van der Waals surface area contributed by atoms with Crippen molar-refractivity contribution in [2.24, 2.45) is 4.99 Å². The van der Waals surface area contributed by atoms with Crippen LogP contribution < -0.4 is 56.5 Å². The van der Waals surface area contributed by atoms with Crippen molar-refractivity contribution in [3.05, 3.63) is 12.7 Å². The Balaban J connectivity index is 0. The number of allylic oxidation sites excluding steroid dienone is 1. The summed E-state index contributed by atoms with van der Waals surface area (Å²) >= 11 is 0. The summed E-state index contributed by atoms with van der Waals surface area (Å²) in [4.78, 5) is 14.0. The number of hydrogen-bond donors (Lipinski definition) is 1. The van der Waals surface area contributed by atoms with E-state index in [1.807, 2.05) is 6.08 Å². The number of nitrogens with zero attached hydrogens (tertiary/aromatic N) is 1. The first-order chi connectivity index (χ1) is 7.66. The van der Waals surface area contributed by atoms with E-state index in [1.165, 1.54) is 0 Å². The number of carboxylic acids is 1. The van der Waals surface area contributed by atoms with Gasteiger partial charge in [0.15, 0.2) is 0 Å². The Morgan fingerprint density at radius 3 is 2.53 bits per heavy atom. The predicted molar refractivity (Wildman–Crippen MR) is 62.5 cm³/mol. The zero-order chi connectivity index (χ0) is 12.2. The van der Waals surface area contributed by atoms with Gasteiger partial charge < -0.3 is 15.2 Å². The summed E-state index contributed by atoms with van der Waals surface area (Å²) < 4.78 is 0. The molecule has 0 saturated heterocycles. The summed E-state index contributed by atoms with van der Waals surface area (Å²) in [5.41, 5.74) is 0. The molecule has 0 saturated carbocycles. The van der Waals surface area contributed by atoms with Crippen LogP contribution in [0.1, 0.15) is 44.9 Å². The maximum absolute atomic E-state index is 11.2. The number of unbranched alkanes of at least 4 members (excludes halogenated alkanes) is 3. The quantitative estimate of drug-likeness (QED) is 0.176. The Morgan fingerprint density at radius 2 is 1.94 bits per heavy atom. The van der Waals surface area contributed by atoms with Crippen molar-refractivity contribution in [1.82, 2.24) is 0 Å². The molecule has 0 aromatic rings. The average Bonchev–Trinajstić information content (AvgIpc) is 2.24. The van der Waals surface area contributed by atoms with Crippen LogP contribution in [0.25, 0.3) is 0 Å². The normalized spacial score (nSPS) is 10.7. The molecule has 0 atom stereocenters. The second-order valence-electron chi connectivity index (χ2n) is 3.66. The molecule has 0 aliphatic carbocycles. The molecule has 0 heterocycles. The van der Waals surface area contributed by atoms with E-state index < -0.39 is 5.97 Å². The van der Waals surface area contributed by atoms with E-state index in [1.54, 1.807) is 0 Å². The molecule has 0 aromatic heterocycles. The van der Waals surface area contributed by atoms with E-state index in [2.05, 4.69) is 11.6 Å². The topological polar surface area (TPSA) is 72.7 Å². The van der Waals surface area contributed by atoms with Crippen LogP contribution >= 0.6 is 0 Å². The first-order valence-electron chi connectivity index (χ1n) is 5.70. The van der Waals surface area contributed by atoms with Gasteiger partial charge in [-0.05, 0) is 38.0 Å². The number of carbonyl (C=O) groups is 1. The van der Waals surface area contributed by atoms with Gasteiger partial charge in [0, 0.05) is 13.0 Å². The van der Waals surface area contributed by atoms with E-state index in [0.717, 1.165) is 25.7 Å². The van der Waals surface area contributed by atoms with Crippen LogP contribution in [0.3, 0.4) is 0 Å². The summed E-state index contributed by atoms with van der Waals surface area (Å²) in [6.07, 6.45) is 6.80. The number of aliphatic carboxylic acids is 1. The van der Waals surface area contributed by atoms with Crippen LogP contribution in [0.5, 0.6) is 0 Å². The molecule has 92 valence electrons. The van der Waals surface area contributed by atoms with Gasteiger partial charge in [0.1, 0.15) is 0 Å². The Hall–Kier alpha value is 0.316. The van der Waals surface area contributed by atoms with E-state index in [4.69, 9.17) is 5.11 Å². The minimum Gasteiger partial charge on any atom is -0.862 e. The molecule has 4 nitrogen and oxygen atoms in total. The Labute approximate surface area is 146 Å². The summed E-state index contributed by atoms with van der Waals surface area (Å²) in [5, 5.41) is 19.6. The molecular weight excluding hydrogens is 245 g/mol. The van der Waals surface area contributed by atoms with Crippen molar-refractivity contribution in [2.75, 3.05) is 6.54 Å². The Kier molecular flexibility index (Phi) is 16.6. The van der Waals surface area contributed by atoms with Gasteiger partial charge in [-0.25, -0.2) is 0 Å². The zero-order valence-electron chi connectivity index (χ0n) is 10.7. The predicted octanol–water partition coefficient (Wildman–Crippen LogP) is -1.25. The largest absolute Gasteiger partial charge is 1.00 e. The number of hydrogen-bond acceptors (Lipinski definition) is 3. The van der Waals surface area contributed by atoms with Crippen LogP contribution in [0, 0.1) is 0 Å². The minimum atomic E-state index is -0.841. The monoisotopic (exact) mass is 265 g/mol. The second kappa shape index (κ2) is 14.4. The maximum Gasteiger partial charge on any atom is 1.00 e. The molecule has 0 bridgehead atoms. The average molecular weight is 265 g/mol. The summed E-state index contributed by atoms with van der Waals surface area (Å²) in [5.74, 6) is -0.948. The fourth-order valence-electron chi connectivity index (χ4n) is 1.25. The first kappa shape index (κ1) is 19.7. The molecule has 0 spiro atoms. The van der Waals surface area contributed by atoms with E-state index in [9.17, 15) is 9.90 Å². The fraction of sp³-hybridized carbons (Fsp3) is 0.667. The number of aliphatic imine (C=N–C) groups is 1. The molecule has 1 N–H and O–H groups in total. The van der Waals surface area contributed by atoms with Crippen molar-refractivity contribution < 1.29 is 66.4 Å². The third kappa shape index (κ3) is 16.3. The van der Waals surface area contributed by atoms with Gasteiger partial charge in [0.2, 0.25) is 0 Å². The maximum atomic E-state index is 11.2. The molecule has 5 heteroatoms. The molecule has 0 unspecified atom stereocenters. The third-order valence-electron chi connectivity index (χ3n) is 2.14. The Bertz CT molecular complexity index is 242. The van der Waals surface area contributed by atoms with Crippen LogP contribution in [0.2, 0.25) is 0 Å². The summed E-state index contributed by atoms with van der Waals surface area (Å²) in [6.45, 7) is 3.96. The molecule has 0 radical (unpaired) electrons. The molecule has 0 fully saturated rings. The molecule has 17 heavy (non-hydrogen) atoms. The fourth-order valence-corrected chi connectivity index (χ4v) is 1.25. The van der Waals surface area contributed by atoms with Crippen molar-refractivity contribution >= 4 is 11.9 Å². The summed E-state index contributed by atoms with van der Waals surface area (Å²) in [6, 6.07) is 0. The smallest absolute Gasteiger partial charge is 0.862 e. The number of rotatable bonds is 10. The SMILES string of the molecule is C=CCCCCCC([O-])=NCCCC(=O)O.[K+]. The molecule has 0 rings (SSSR count). The van der Waals surface area contributed by atoms with Crippen molar-refractivity contribution in [3.8, 4) is 0 Å². The van der Waals surface area contributed by atoms with E-state index >= 15 is 0 Å². The van der Waals surface area contributed by atoms with Crippen LogP contribution in [-0.2, 0) is 4.79 Å². The van der Waals surface area contributed by atoms with Crippen LogP contribution in [0.15, 0.2) is 17.6 Å². The third-order valence-corrected chi connectivity index (χ3v) is 2.14. The molecule has 0 aromatic carbocycles. The van der Waals surface area contributed by atoms with Crippen LogP contribution in [-0.4, -0.2) is 23.5 Å². The van der Waals surface area contributed by atoms with Crippen LogP contribution in [0.4, 0.5) is 0 Å². The van der Waals surface area contributed by atoms with Gasteiger partial charge in [-0.2, -0.15) is 0 Å². The van der Waals surface area contributed by atoms with Gasteiger partial charge in [-0.3, -0.25) is 4.79 Å². The molecule has 0 aliphatic heterocycles. The zero-order valence-corrected chi connectivity index (χ0v) is 13.8. The molecular formula is C12H20KNO3. The number of carboxylic acid groups (broad SMARTS) is 1. The van der Waals surface area contributed by atoms with E-state index in [0.29, 0.717) is 19.4 Å². The van der Waals surface area contributed by atoms with Gasteiger partial charge >= 0.3 is 57.4 Å². The first-order valence-corrected chi connectivity index (χ1v) is 5.70. The van der Waals surface area contributed by atoms with Crippen molar-refractivity contribution in [2.45, 2.75) is 44.9 Å². The van der Waals surface area contributed by atoms with Gasteiger partial charge in [-0.1, -0.05) is 12.5 Å². The Morgan fingerprint density at radius 1 is 1.24 bits per heavy atom. The van der Waals surface area contributed by atoms with Gasteiger partial charge in [0.05, 0.1) is 0 Å². The van der Waals surface area contributed by atoms with Crippen molar-refractivity contribution in [1.29, 1.82) is 0 Å². The standard InChI is InChI=1S/C12H21NO3.K/c1-2-3-4-5-6-8-11(14)13-10-7-9-12(15)16;/h2H,1,3-10H2,(H,13,14)(H,15,16);/q;+1/p-1. The minimum absolute atomic E-state index is 0. The van der Waals surface area contributed by atoms with Gasteiger partial charge in [-0.15, -0.1) is 6.58 Å². The van der Waals surface area contributed by atoms with Crippen molar-refractivity contribution in [3.63, 3.8) is 0 Å². The van der Waals surface area contributed by atoms with E-state index in [-0.39, 0.29) is 63.7 Å². The molecule has 0 amide bonds.